The Bertz CT molecular complexity index is 466. The van der Waals surface area contributed by atoms with E-state index in [1.807, 2.05) is 0 Å². The number of halogens is 1. The maximum atomic E-state index is 13.3. The van der Waals surface area contributed by atoms with Gasteiger partial charge in [-0.15, -0.1) is 0 Å². The number of aliphatic hydroxyl groups excluding tert-OH is 2. The van der Waals surface area contributed by atoms with Gasteiger partial charge in [0.15, 0.2) is 0 Å². The number of benzene rings is 1. The maximum absolute atomic E-state index is 13.3. The summed E-state index contributed by atoms with van der Waals surface area (Å²) in [6.45, 7) is -0.838. The van der Waals surface area contributed by atoms with Gasteiger partial charge in [-0.1, -0.05) is 0 Å². The largest absolute Gasteiger partial charge is 0.394 e. The first kappa shape index (κ1) is 14.0. The molecule has 0 aliphatic heterocycles. The van der Waals surface area contributed by atoms with Crippen LogP contribution in [0.1, 0.15) is 10.4 Å². The molecule has 0 fully saturated rings. The van der Waals surface area contributed by atoms with Crippen LogP contribution in [-0.2, 0) is 0 Å². The molecule has 3 N–H and O–H groups in total. The first-order chi connectivity index (χ1) is 8.45. The van der Waals surface area contributed by atoms with Gasteiger partial charge in [-0.05, 0) is 6.07 Å². The molecule has 0 radical (unpaired) electrons. The maximum Gasteiger partial charge on any atom is 0.270 e. The van der Waals surface area contributed by atoms with Crippen LogP contribution < -0.4 is 5.32 Å². The first-order valence-corrected chi connectivity index (χ1v) is 4.96. The number of nitrogens with one attached hydrogen (secondary N) is 1. The molecule has 98 valence electrons. The lowest BCUT2D eigenvalue weighted by atomic mass is 10.1. The minimum atomic E-state index is -1.17. The van der Waals surface area contributed by atoms with Gasteiger partial charge in [-0.25, -0.2) is 4.39 Å². The SMILES string of the molecule is O=C(NCC(O)CO)c1cc([N+](=O)[O-])ccc1F. The van der Waals surface area contributed by atoms with Crippen molar-refractivity contribution in [3.8, 4) is 0 Å². The van der Waals surface area contributed by atoms with Crippen LogP contribution in [-0.4, -0.2) is 40.3 Å². The van der Waals surface area contributed by atoms with Gasteiger partial charge in [0, 0.05) is 18.7 Å². The molecule has 1 unspecified atom stereocenters. The second-order valence-electron chi connectivity index (χ2n) is 3.47. The Hall–Kier alpha value is -2.06. The molecule has 7 nitrogen and oxygen atoms in total. The number of carbonyl (C=O) groups is 1. The Balaban J connectivity index is 2.84. The Morgan fingerprint density at radius 3 is 2.78 bits per heavy atom. The van der Waals surface area contributed by atoms with E-state index in [4.69, 9.17) is 10.2 Å². The zero-order valence-electron chi connectivity index (χ0n) is 9.17. The number of aliphatic hydroxyl groups is 2. The number of nitro benzene ring substituents is 1. The minimum Gasteiger partial charge on any atom is -0.394 e. The van der Waals surface area contributed by atoms with Gasteiger partial charge in [0.1, 0.15) is 5.82 Å². The lowest BCUT2D eigenvalue weighted by Crippen LogP contribution is -2.34. The van der Waals surface area contributed by atoms with Crippen LogP contribution in [0.25, 0.3) is 0 Å². The molecular weight excluding hydrogens is 247 g/mol. The van der Waals surface area contributed by atoms with Crippen LogP contribution in [0.4, 0.5) is 10.1 Å². The lowest BCUT2D eigenvalue weighted by molar-refractivity contribution is -0.384. The van der Waals surface area contributed by atoms with E-state index in [1.165, 1.54) is 0 Å². The van der Waals surface area contributed by atoms with E-state index in [0.29, 0.717) is 0 Å². The molecule has 0 aliphatic carbocycles. The van der Waals surface area contributed by atoms with E-state index in [1.54, 1.807) is 0 Å². The normalized spacial score (nSPS) is 11.9. The number of rotatable bonds is 5. The zero-order chi connectivity index (χ0) is 13.7. The monoisotopic (exact) mass is 258 g/mol. The number of non-ortho nitro benzene ring substituents is 1. The summed E-state index contributed by atoms with van der Waals surface area (Å²) < 4.78 is 13.3. The van der Waals surface area contributed by atoms with Gasteiger partial charge in [0.25, 0.3) is 11.6 Å². The smallest absolute Gasteiger partial charge is 0.270 e. The van der Waals surface area contributed by atoms with Crippen molar-refractivity contribution in [2.75, 3.05) is 13.2 Å². The molecule has 18 heavy (non-hydrogen) atoms. The molecule has 0 aliphatic rings. The molecule has 0 saturated carbocycles. The number of nitrogens with zero attached hydrogens (tertiary/aromatic N) is 1. The molecule has 1 atom stereocenters. The highest BCUT2D eigenvalue weighted by Crippen LogP contribution is 2.16. The van der Waals surface area contributed by atoms with Crippen LogP contribution in [0.2, 0.25) is 0 Å². The predicted molar refractivity (Wildman–Crippen MR) is 58.5 cm³/mol. The Kier molecular flexibility index (Phi) is 4.69. The summed E-state index contributed by atoms with van der Waals surface area (Å²) in [6, 6.07) is 2.56. The number of carbonyl (C=O) groups excluding carboxylic acids is 1. The highest BCUT2D eigenvalue weighted by atomic mass is 19.1. The van der Waals surface area contributed by atoms with Crippen LogP contribution >= 0.6 is 0 Å². The van der Waals surface area contributed by atoms with Crippen molar-refractivity contribution in [2.24, 2.45) is 0 Å². The molecule has 8 heteroatoms. The first-order valence-electron chi connectivity index (χ1n) is 4.96. The van der Waals surface area contributed by atoms with Crippen LogP contribution in [0.3, 0.4) is 0 Å². The molecule has 0 saturated heterocycles. The zero-order valence-corrected chi connectivity index (χ0v) is 9.17. The van der Waals surface area contributed by atoms with E-state index in [-0.39, 0.29) is 6.54 Å². The fourth-order valence-electron chi connectivity index (χ4n) is 1.17. The third kappa shape index (κ3) is 3.47. The van der Waals surface area contributed by atoms with Gasteiger partial charge in [-0.3, -0.25) is 14.9 Å². The summed E-state index contributed by atoms with van der Waals surface area (Å²) in [5.41, 5.74) is -0.904. The molecule has 1 aromatic rings. The van der Waals surface area contributed by atoms with E-state index >= 15 is 0 Å². The average Bonchev–Trinajstić information content (AvgIpc) is 2.35. The van der Waals surface area contributed by atoms with Gasteiger partial charge in [0.05, 0.1) is 23.2 Å². The number of hydrogen-bond donors (Lipinski definition) is 3. The van der Waals surface area contributed by atoms with Crippen LogP contribution in [0, 0.1) is 15.9 Å². The summed E-state index contributed by atoms with van der Waals surface area (Å²) in [5, 5.41) is 30.1. The van der Waals surface area contributed by atoms with Gasteiger partial charge < -0.3 is 15.5 Å². The average molecular weight is 258 g/mol. The topological polar surface area (TPSA) is 113 Å². The second kappa shape index (κ2) is 6.03. The molecule has 1 aromatic carbocycles. The van der Waals surface area contributed by atoms with Gasteiger partial charge >= 0.3 is 0 Å². The van der Waals surface area contributed by atoms with E-state index in [0.717, 1.165) is 18.2 Å². The standard InChI is InChI=1S/C10H11FN2O5/c11-9-2-1-6(13(17)18)3-8(9)10(16)12-4-7(15)5-14/h1-3,7,14-15H,4-5H2,(H,12,16). The van der Waals surface area contributed by atoms with Gasteiger partial charge in [0.2, 0.25) is 0 Å². The van der Waals surface area contributed by atoms with Crippen molar-refractivity contribution in [3.05, 3.63) is 39.7 Å². The minimum absolute atomic E-state index is 0.280. The van der Waals surface area contributed by atoms with Gasteiger partial charge in [-0.2, -0.15) is 0 Å². The molecule has 0 heterocycles. The molecular formula is C10H11FN2O5. The summed E-state index contributed by atoms with van der Waals surface area (Å²) in [7, 11) is 0. The third-order valence-electron chi connectivity index (χ3n) is 2.11. The second-order valence-corrected chi connectivity index (χ2v) is 3.47. The predicted octanol–water partition coefficient (Wildman–Crippen LogP) is -0.183. The van der Waals surface area contributed by atoms with Crippen molar-refractivity contribution in [2.45, 2.75) is 6.10 Å². The molecule has 0 spiro atoms. The number of nitro groups is 1. The number of amides is 1. The Morgan fingerprint density at radius 1 is 1.56 bits per heavy atom. The van der Waals surface area contributed by atoms with Crippen LogP contribution in [0.15, 0.2) is 18.2 Å². The summed E-state index contributed by atoms with van der Waals surface area (Å²) in [5.74, 6) is -1.81. The summed E-state index contributed by atoms with van der Waals surface area (Å²) in [6.07, 6.45) is -1.17. The number of hydrogen-bond acceptors (Lipinski definition) is 5. The molecule has 1 amide bonds. The molecule has 0 aromatic heterocycles. The van der Waals surface area contributed by atoms with E-state index in [9.17, 15) is 19.3 Å². The van der Waals surface area contributed by atoms with Crippen molar-refractivity contribution in [3.63, 3.8) is 0 Å². The van der Waals surface area contributed by atoms with Crippen molar-refractivity contribution < 1.29 is 24.3 Å². The van der Waals surface area contributed by atoms with E-state index in [2.05, 4.69) is 5.32 Å². The van der Waals surface area contributed by atoms with Crippen LogP contribution in [0.5, 0.6) is 0 Å². The fraction of sp³-hybridized carbons (Fsp3) is 0.300. The lowest BCUT2D eigenvalue weighted by Gasteiger charge is -2.09. The molecule has 0 bridgehead atoms. The highest BCUT2D eigenvalue weighted by molar-refractivity contribution is 5.95. The quantitative estimate of drug-likeness (QED) is 0.500. The summed E-state index contributed by atoms with van der Waals surface area (Å²) >= 11 is 0. The highest BCUT2D eigenvalue weighted by Gasteiger charge is 2.17. The van der Waals surface area contributed by atoms with Crippen molar-refractivity contribution in [1.82, 2.24) is 5.32 Å². The fourth-order valence-corrected chi connectivity index (χ4v) is 1.17. The van der Waals surface area contributed by atoms with Crippen molar-refractivity contribution >= 4 is 11.6 Å². The van der Waals surface area contributed by atoms with Crippen molar-refractivity contribution in [1.29, 1.82) is 0 Å². The Morgan fingerprint density at radius 2 is 2.22 bits per heavy atom. The molecule has 1 rings (SSSR count). The van der Waals surface area contributed by atoms with E-state index < -0.39 is 40.6 Å². The Labute approximate surface area is 101 Å². The third-order valence-corrected chi connectivity index (χ3v) is 2.11. The summed E-state index contributed by atoms with van der Waals surface area (Å²) in [4.78, 5) is 21.2.